The number of hydrogen-bond donors (Lipinski definition) is 0. The maximum atomic E-state index is 12.0. The van der Waals surface area contributed by atoms with Gasteiger partial charge >= 0.3 is 0 Å². The molecule has 0 spiro atoms. The Bertz CT molecular complexity index is 519. The van der Waals surface area contributed by atoms with Crippen molar-refractivity contribution in [3.63, 3.8) is 0 Å². The van der Waals surface area contributed by atoms with Crippen molar-refractivity contribution in [2.75, 3.05) is 6.54 Å². The highest BCUT2D eigenvalue weighted by molar-refractivity contribution is 7.10. The van der Waals surface area contributed by atoms with Crippen LogP contribution in [0.5, 0.6) is 0 Å². The molecular weight excluding hydrogens is 236 g/mol. The highest BCUT2D eigenvalue weighted by Gasteiger charge is 2.21. The van der Waals surface area contributed by atoms with Gasteiger partial charge in [-0.1, -0.05) is 5.21 Å². The summed E-state index contributed by atoms with van der Waals surface area (Å²) < 4.78 is 1.56. The molecule has 0 N–H and O–H groups in total. The molecule has 0 saturated carbocycles. The zero-order valence-electron chi connectivity index (χ0n) is 9.24. The third-order valence-corrected chi connectivity index (χ3v) is 3.95. The minimum absolute atomic E-state index is 0.104. The molecule has 88 valence electrons. The number of hydrogen-bond acceptors (Lipinski definition) is 4. The zero-order valence-corrected chi connectivity index (χ0v) is 10.1. The molecule has 0 aliphatic carbocycles. The molecule has 3 rings (SSSR count). The molecule has 3 heterocycles. The molecule has 6 heteroatoms. The Morgan fingerprint density at radius 3 is 3.29 bits per heavy atom. The molecule has 0 aromatic carbocycles. The molecular formula is C11H12N4OS. The fourth-order valence-electron chi connectivity index (χ4n) is 2.02. The van der Waals surface area contributed by atoms with E-state index in [0.29, 0.717) is 0 Å². The Labute approximate surface area is 103 Å². The lowest BCUT2D eigenvalue weighted by Crippen LogP contribution is -2.37. The van der Waals surface area contributed by atoms with E-state index < -0.39 is 0 Å². The van der Waals surface area contributed by atoms with Crippen LogP contribution in [0, 0.1) is 0 Å². The van der Waals surface area contributed by atoms with E-state index in [1.54, 1.807) is 28.4 Å². The number of fused-ring (bicyclic) bond motifs is 1. The predicted molar refractivity (Wildman–Crippen MR) is 63.5 cm³/mol. The normalized spacial score (nSPS) is 14.7. The van der Waals surface area contributed by atoms with Crippen molar-refractivity contribution in [1.29, 1.82) is 0 Å². The van der Waals surface area contributed by atoms with Crippen LogP contribution in [-0.4, -0.2) is 32.3 Å². The fraction of sp³-hybridized carbons (Fsp3) is 0.364. The summed E-state index contributed by atoms with van der Waals surface area (Å²) in [7, 11) is 0. The van der Waals surface area contributed by atoms with E-state index in [2.05, 4.69) is 21.8 Å². The molecule has 5 nitrogen and oxygen atoms in total. The van der Waals surface area contributed by atoms with Gasteiger partial charge in [0.2, 0.25) is 5.91 Å². The van der Waals surface area contributed by atoms with Crippen molar-refractivity contribution < 1.29 is 4.79 Å². The van der Waals surface area contributed by atoms with Gasteiger partial charge in [0, 0.05) is 24.2 Å². The summed E-state index contributed by atoms with van der Waals surface area (Å²) in [5.41, 5.74) is 1.29. The van der Waals surface area contributed by atoms with Crippen LogP contribution < -0.4 is 0 Å². The van der Waals surface area contributed by atoms with Gasteiger partial charge in [-0.05, 0) is 23.4 Å². The minimum atomic E-state index is 0.104. The van der Waals surface area contributed by atoms with Gasteiger partial charge < -0.3 is 4.90 Å². The molecule has 0 radical (unpaired) electrons. The van der Waals surface area contributed by atoms with E-state index in [-0.39, 0.29) is 12.5 Å². The standard InChI is InChI=1S/C11H12N4OS/c16-11(8-15-5-3-12-13-15)14-4-1-10-9(7-14)2-6-17-10/h2-3,5-6H,1,4,7-8H2. The van der Waals surface area contributed by atoms with E-state index in [1.807, 2.05) is 4.90 Å². The molecule has 1 aliphatic heterocycles. The maximum absolute atomic E-state index is 12.0. The third kappa shape index (κ3) is 2.08. The zero-order chi connectivity index (χ0) is 11.7. The van der Waals surface area contributed by atoms with Crippen molar-refractivity contribution in [2.45, 2.75) is 19.5 Å². The van der Waals surface area contributed by atoms with E-state index in [1.165, 1.54) is 10.4 Å². The van der Waals surface area contributed by atoms with Crippen molar-refractivity contribution in [3.8, 4) is 0 Å². The number of thiophene rings is 1. The van der Waals surface area contributed by atoms with Crippen LogP contribution in [0.4, 0.5) is 0 Å². The highest BCUT2D eigenvalue weighted by atomic mass is 32.1. The van der Waals surface area contributed by atoms with Crippen molar-refractivity contribution in [1.82, 2.24) is 19.9 Å². The quantitative estimate of drug-likeness (QED) is 0.794. The van der Waals surface area contributed by atoms with E-state index >= 15 is 0 Å². The van der Waals surface area contributed by atoms with Crippen LogP contribution in [0.3, 0.4) is 0 Å². The lowest BCUT2D eigenvalue weighted by molar-refractivity contribution is -0.133. The Hall–Kier alpha value is -1.69. The third-order valence-electron chi connectivity index (χ3n) is 2.93. The number of aromatic nitrogens is 3. The van der Waals surface area contributed by atoms with Gasteiger partial charge in [-0.2, -0.15) is 0 Å². The van der Waals surface area contributed by atoms with Crippen molar-refractivity contribution in [2.24, 2.45) is 0 Å². The minimum Gasteiger partial charge on any atom is -0.336 e. The number of carbonyl (C=O) groups excluding carboxylic acids is 1. The summed E-state index contributed by atoms with van der Waals surface area (Å²) >= 11 is 1.78. The lowest BCUT2D eigenvalue weighted by Gasteiger charge is -2.26. The number of amides is 1. The van der Waals surface area contributed by atoms with Gasteiger partial charge in [0.05, 0.1) is 6.20 Å². The largest absolute Gasteiger partial charge is 0.336 e. The molecule has 0 fully saturated rings. The van der Waals surface area contributed by atoms with E-state index in [9.17, 15) is 4.79 Å². The second-order valence-corrected chi connectivity index (χ2v) is 5.04. The smallest absolute Gasteiger partial charge is 0.244 e. The Balaban J connectivity index is 1.68. The number of carbonyl (C=O) groups is 1. The van der Waals surface area contributed by atoms with Crippen molar-refractivity contribution in [3.05, 3.63) is 34.3 Å². The summed E-state index contributed by atoms with van der Waals surface area (Å²) in [4.78, 5) is 15.3. The molecule has 0 saturated heterocycles. The Morgan fingerprint density at radius 2 is 2.47 bits per heavy atom. The first kappa shape index (κ1) is 10.5. The average Bonchev–Trinajstić information content (AvgIpc) is 2.97. The molecule has 1 amide bonds. The number of rotatable bonds is 2. The second-order valence-electron chi connectivity index (χ2n) is 4.03. The first-order valence-electron chi connectivity index (χ1n) is 5.50. The first-order chi connectivity index (χ1) is 8.33. The van der Waals surface area contributed by atoms with Crippen LogP contribution in [-0.2, 0) is 24.3 Å². The molecule has 0 atom stereocenters. The van der Waals surface area contributed by atoms with Crippen LogP contribution >= 0.6 is 11.3 Å². The summed E-state index contributed by atoms with van der Waals surface area (Å²) in [5, 5.41) is 9.59. The summed E-state index contributed by atoms with van der Waals surface area (Å²) in [6, 6.07) is 2.11. The Kier molecular flexibility index (Phi) is 2.64. The number of nitrogens with zero attached hydrogens (tertiary/aromatic N) is 4. The average molecular weight is 248 g/mol. The topological polar surface area (TPSA) is 51.0 Å². The lowest BCUT2D eigenvalue weighted by atomic mass is 10.1. The van der Waals surface area contributed by atoms with Gasteiger partial charge in [0.15, 0.2) is 0 Å². The van der Waals surface area contributed by atoms with Gasteiger partial charge in [-0.25, -0.2) is 4.68 Å². The van der Waals surface area contributed by atoms with Crippen LogP contribution in [0.2, 0.25) is 0 Å². The Morgan fingerprint density at radius 1 is 1.53 bits per heavy atom. The summed E-state index contributed by atoms with van der Waals surface area (Å²) in [5.74, 6) is 0.104. The van der Waals surface area contributed by atoms with Crippen LogP contribution in [0.1, 0.15) is 10.4 Å². The SMILES string of the molecule is O=C(Cn1ccnn1)N1CCc2sccc2C1. The molecule has 17 heavy (non-hydrogen) atoms. The predicted octanol–water partition coefficient (Wildman–Crippen LogP) is 0.924. The molecule has 1 aliphatic rings. The van der Waals surface area contributed by atoms with Gasteiger partial charge in [-0.15, -0.1) is 16.4 Å². The second kappa shape index (κ2) is 4.29. The van der Waals surface area contributed by atoms with Crippen LogP contribution in [0.15, 0.2) is 23.8 Å². The summed E-state index contributed by atoms with van der Waals surface area (Å²) in [6.07, 6.45) is 4.26. The van der Waals surface area contributed by atoms with Gasteiger partial charge in [-0.3, -0.25) is 4.79 Å². The first-order valence-corrected chi connectivity index (χ1v) is 6.38. The molecule has 0 bridgehead atoms. The van der Waals surface area contributed by atoms with Gasteiger partial charge in [0.1, 0.15) is 6.54 Å². The molecule has 2 aromatic rings. The van der Waals surface area contributed by atoms with Crippen molar-refractivity contribution >= 4 is 17.2 Å². The molecule has 2 aromatic heterocycles. The van der Waals surface area contributed by atoms with Crippen LogP contribution in [0.25, 0.3) is 0 Å². The van der Waals surface area contributed by atoms with Gasteiger partial charge in [0.25, 0.3) is 0 Å². The maximum Gasteiger partial charge on any atom is 0.244 e. The van der Waals surface area contributed by atoms with E-state index in [0.717, 1.165) is 19.5 Å². The fourth-order valence-corrected chi connectivity index (χ4v) is 2.91. The summed E-state index contributed by atoms with van der Waals surface area (Å²) in [6.45, 7) is 1.81. The van der Waals surface area contributed by atoms with E-state index in [4.69, 9.17) is 0 Å². The highest BCUT2D eigenvalue weighted by Crippen LogP contribution is 2.23. The monoisotopic (exact) mass is 248 g/mol. The molecule has 0 unspecified atom stereocenters.